The van der Waals surface area contributed by atoms with Crippen molar-refractivity contribution in [3.63, 3.8) is 0 Å². The summed E-state index contributed by atoms with van der Waals surface area (Å²) in [6.45, 7) is 1.09. The minimum atomic E-state index is -0.659. The Morgan fingerprint density at radius 1 is 1.43 bits per heavy atom. The molecule has 6 nitrogen and oxygen atoms in total. The fraction of sp³-hybridized carbons (Fsp3) is 0.533. The van der Waals surface area contributed by atoms with E-state index < -0.39 is 5.60 Å². The highest BCUT2D eigenvalue weighted by molar-refractivity contribution is 5.97. The second kappa shape index (κ2) is 4.27. The lowest BCUT2D eigenvalue weighted by Crippen LogP contribution is -2.37. The van der Waals surface area contributed by atoms with Gasteiger partial charge < -0.3 is 10.0 Å². The average molecular weight is 286 g/mol. The van der Waals surface area contributed by atoms with Crippen molar-refractivity contribution in [1.82, 2.24) is 19.9 Å². The molecule has 2 aliphatic rings. The minimum absolute atomic E-state index is 0.0188. The molecule has 2 aromatic rings. The molecule has 0 spiro atoms. The third-order valence-corrected chi connectivity index (χ3v) is 4.76. The van der Waals surface area contributed by atoms with Gasteiger partial charge in [0.2, 0.25) is 0 Å². The van der Waals surface area contributed by atoms with E-state index in [-0.39, 0.29) is 5.91 Å². The fourth-order valence-corrected chi connectivity index (χ4v) is 3.29. The van der Waals surface area contributed by atoms with Gasteiger partial charge in [-0.3, -0.25) is 4.79 Å². The maximum absolute atomic E-state index is 12.6. The number of β-amino-alcohol motifs (C(OH)–C–C–N with tert-alkyl or cyclic N) is 1. The summed E-state index contributed by atoms with van der Waals surface area (Å²) in [4.78, 5) is 14.4. The molecule has 2 heterocycles. The third kappa shape index (κ3) is 2.01. The zero-order valence-electron chi connectivity index (χ0n) is 12.0. The van der Waals surface area contributed by atoms with Crippen LogP contribution in [-0.2, 0) is 7.05 Å². The number of hydrogen-bond donors (Lipinski definition) is 1. The van der Waals surface area contributed by atoms with E-state index in [1.807, 2.05) is 19.2 Å². The third-order valence-electron chi connectivity index (χ3n) is 4.76. The van der Waals surface area contributed by atoms with E-state index in [2.05, 4.69) is 10.3 Å². The van der Waals surface area contributed by atoms with Gasteiger partial charge in [-0.05, 0) is 43.4 Å². The first-order valence-corrected chi connectivity index (χ1v) is 7.38. The lowest BCUT2D eigenvalue weighted by molar-refractivity contribution is 0.0257. The predicted molar refractivity (Wildman–Crippen MR) is 76.7 cm³/mol. The van der Waals surface area contributed by atoms with Gasteiger partial charge in [-0.15, -0.1) is 5.10 Å². The summed E-state index contributed by atoms with van der Waals surface area (Å²) in [6, 6.07) is 5.43. The Morgan fingerprint density at radius 2 is 2.24 bits per heavy atom. The molecule has 2 fully saturated rings. The number of rotatable bonds is 2. The molecule has 1 aromatic heterocycles. The van der Waals surface area contributed by atoms with E-state index in [4.69, 9.17) is 0 Å². The molecule has 1 aliphatic carbocycles. The summed E-state index contributed by atoms with van der Waals surface area (Å²) >= 11 is 0. The number of carbonyl (C=O) groups is 1. The van der Waals surface area contributed by atoms with Gasteiger partial charge in [0, 0.05) is 19.2 Å². The number of aromatic nitrogens is 3. The van der Waals surface area contributed by atoms with Crippen molar-refractivity contribution in [2.45, 2.75) is 24.9 Å². The summed E-state index contributed by atoms with van der Waals surface area (Å²) in [5.74, 6) is 0.369. The Morgan fingerprint density at radius 3 is 3.00 bits per heavy atom. The maximum atomic E-state index is 12.6. The second-order valence-electron chi connectivity index (χ2n) is 6.27. The van der Waals surface area contributed by atoms with Crippen LogP contribution >= 0.6 is 0 Å². The molecule has 1 atom stereocenters. The van der Waals surface area contributed by atoms with Gasteiger partial charge >= 0.3 is 0 Å². The molecular weight excluding hydrogens is 268 g/mol. The van der Waals surface area contributed by atoms with E-state index >= 15 is 0 Å². The van der Waals surface area contributed by atoms with Crippen LogP contribution in [-0.4, -0.2) is 49.6 Å². The van der Waals surface area contributed by atoms with Gasteiger partial charge in [0.1, 0.15) is 5.52 Å². The first-order valence-electron chi connectivity index (χ1n) is 7.38. The maximum Gasteiger partial charge on any atom is 0.254 e. The number of fused-ring (bicyclic) bond motifs is 1. The highest BCUT2D eigenvalue weighted by Gasteiger charge is 2.49. The van der Waals surface area contributed by atoms with Crippen molar-refractivity contribution >= 4 is 16.9 Å². The van der Waals surface area contributed by atoms with E-state index in [9.17, 15) is 9.90 Å². The average Bonchev–Trinajstić information content (AvgIpc) is 3.19. The summed E-state index contributed by atoms with van der Waals surface area (Å²) in [5, 5.41) is 18.5. The van der Waals surface area contributed by atoms with Gasteiger partial charge in [0.15, 0.2) is 0 Å². The van der Waals surface area contributed by atoms with Crippen LogP contribution < -0.4 is 0 Å². The number of likely N-dealkylation sites (tertiary alicyclic amines) is 1. The molecule has 1 saturated carbocycles. The van der Waals surface area contributed by atoms with Crippen molar-refractivity contribution in [3.05, 3.63) is 23.8 Å². The molecule has 1 amide bonds. The Labute approximate surface area is 122 Å². The Bertz CT molecular complexity index is 722. The van der Waals surface area contributed by atoms with E-state index in [1.54, 1.807) is 15.6 Å². The van der Waals surface area contributed by atoms with Gasteiger partial charge in [-0.2, -0.15) is 0 Å². The quantitative estimate of drug-likeness (QED) is 0.892. The van der Waals surface area contributed by atoms with Crippen molar-refractivity contribution in [1.29, 1.82) is 0 Å². The van der Waals surface area contributed by atoms with Crippen LogP contribution in [0.5, 0.6) is 0 Å². The molecule has 1 N–H and O–H groups in total. The molecule has 0 bridgehead atoms. The normalized spacial score (nSPS) is 25.7. The van der Waals surface area contributed by atoms with Crippen LogP contribution in [0.1, 0.15) is 29.6 Å². The first-order chi connectivity index (χ1) is 10.1. The molecule has 1 aliphatic heterocycles. The minimum Gasteiger partial charge on any atom is -0.388 e. The number of hydrogen-bond acceptors (Lipinski definition) is 4. The first kappa shape index (κ1) is 12.8. The lowest BCUT2D eigenvalue weighted by Gasteiger charge is -2.23. The molecule has 1 unspecified atom stereocenters. The number of aryl methyl sites for hydroxylation is 1. The van der Waals surface area contributed by atoms with Crippen molar-refractivity contribution in [3.8, 4) is 0 Å². The summed E-state index contributed by atoms with van der Waals surface area (Å²) in [5.41, 5.74) is 1.60. The summed E-state index contributed by atoms with van der Waals surface area (Å²) < 4.78 is 1.66. The molecule has 110 valence electrons. The van der Waals surface area contributed by atoms with Crippen molar-refractivity contribution in [2.75, 3.05) is 13.1 Å². The monoisotopic (exact) mass is 286 g/mol. The van der Waals surface area contributed by atoms with Crippen LogP contribution in [0.2, 0.25) is 0 Å². The summed E-state index contributed by atoms with van der Waals surface area (Å²) in [7, 11) is 1.81. The lowest BCUT2D eigenvalue weighted by atomic mass is 9.97. The van der Waals surface area contributed by atoms with E-state index in [0.717, 1.165) is 23.9 Å². The number of aliphatic hydroxyl groups is 1. The van der Waals surface area contributed by atoms with Gasteiger partial charge in [-0.25, -0.2) is 4.68 Å². The topological polar surface area (TPSA) is 71.2 Å². The highest BCUT2D eigenvalue weighted by Crippen LogP contribution is 2.44. The molecule has 6 heteroatoms. The van der Waals surface area contributed by atoms with E-state index in [0.29, 0.717) is 31.0 Å². The van der Waals surface area contributed by atoms with Crippen molar-refractivity contribution < 1.29 is 9.90 Å². The zero-order chi connectivity index (χ0) is 14.6. The smallest absolute Gasteiger partial charge is 0.254 e. The highest BCUT2D eigenvalue weighted by atomic mass is 16.3. The number of nitrogens with zero attached hydrogens (tertiary/aromatic N) is 4. The molecule has 1 saturated heterocycles. The van der Waals surface area contributed by atoms with Crippen LogP contribution in [0, 0.1) is 5.92 Å². The van der Waals surface area contributed by atoms with E-state index in [1.165, 1.54) is 0 Å². The van der Waals surface area contributed by atoms with Crippen molar-refractivity contribution in [2.24, 2.45) is 13.0 Å². The molecule has 21 heavy (non-hydrogen) atoms. The van der Waals surface area contributed by atoms with Gasteiger partial charge in [0.25, 0.3) is 5.91 Å². The largest absolute Gasteiger partial charge is 0.388 e. The van der Waals surface area contributed by atoms with Crippen LogP contribution in [0.3, 0.4) is 0 Å². The standard InChI is InChI=1S/C15H18N4O2/c1-18-13-8-10(2-5-12(13)16-17-18)14(20)19-7-6-15(21,9-19)11-3-4-11/h2,5,8,11,21H,3-4,6-7,9H2,1H3. The van der Waals surface area contributed by atoms with Gasteiger partial charge in [-0.1, -0.05) is 5.21 Å². The second-order valence-corrected chi connectivity index (χ2v) is 6.27. The summed E-state index contributed by atoms with van der Waals surface area (Å²) in [6.07, 6.45) is 2.87. The Hall–Kier alpha value is -1.95. The number of amides is 1. The molecule has 1 aromatic carbocycles. The van der Waals surface area contributed by atoms with Crippen LogP contribution in [0.4, 0.5) is 0 Å². The number of benzene rings is 1. The zero-order valence-corrected chi connectivity index (χ0v) is 12.0. The Balaban J connectivity index is 1.60. The molecule has 0 radical (unpaired) electrons. The van der Waals surface area contributed by atoms with Gasteiger partial charge in [0.05, 0.1) is 17.7 Å². The fourth-order valence-electron chi connectivity index (χ4n) is 3.29. The molecular formula is C15H18N4O2. The van der Waals surface area contributed by atoms with Crippen LogP contribution in [0.25, 0.3) is 11.0 Å². The molecule has 4 rings (SSSR count). The SMILES string of the molecule is Cn1nnc2ccc(C(=O)N3CCC(O)(C4CC4)C3)cc21. The predicted octanol–water partition coefficient (Wildman–Crippen LogP) is 0.955. The Kier molecular flexibility index (Phi) is 2.60. The number of carbonyl (C=O) groups excluding carboxylic acids is 1. The van der Waals surface area contributed by atoms with Crippen LogP contribution in [0.15, 0.2) is 18.2 Å².